The number of anilines is 1. The van der Waals surface area contributed by atoms with Crippen molar-refractivity contribution in [1.82, 2.24) is 0 Å². The monoisotopic (exact) mass is 280 g/mol. The van der Waals surface area contributed by atoms with Gasteiger partial charge in [0.05, 0.1) is 0 Å². The Morgan fingerprint density at radius 2 is 2.19 bits per heavy atom. The lowest BCUT2D eigenvalue weighted by molar-refractivity contribution is 0.775. The molecule has 1 aliphatic rings. The second-order valence-electron chi connectivity index (χ2n) is 4.20. The minimum Gasteiger partial charge on any atom is -0.367 e. The molecule has 1 heterocycles. The molecule has 3 heteroatoms. The van der Waals surface area contributed by atoms with Crippen molar-refractivity contribution in [3.63, 3.8) is 0 Å². The van der Waals surface area contributed by atoms with Crippen molar-refractivity contribution < 1.29 is 0 Å². The van der Waals surface area contributed by atoms with Crippen LogP contribution in [-0.4, -0.2) is 13.1 Å². The first-order valence-corrected chi connectivity index (χ1v) is 6.43. The highest BCUT2D eigenvalue weighted by Crippen LogP contribution is 2.29. The van der Waals surface area contributed by atoms with E-state index in [9.17, 15) is 0 Å². The Kier molecular flexibility index (Phi) is 3.66. The summed E-state index contributed by atoms with van der Waals surface area (Å²) in [6.07, 6.45) is 5.58. The molecule has 1 aliphatic heterocycles. The van der Waals surface area contributed by atoms with Gasteiger partial charge in [0.25, 0.3) is 0 Å². The Morgan fingerprint density at radius 1 is 1.38 bits per heavy atom. The average Bonchev–Trinajstić information content (AvgIpc) is 2.30. The largest absolute Gasteiger partial charge is 0.367 e. The minimum absolute atomic E-state index is 0.0680. The lowest BCUT2D eigenvalue weighted by Gasteiger charge is -2.29. The summed E-state index contributed by atoms with van der Waals surface area (Å²) >= 11 is 3.50. The summed E-state index contributed by atoms with van der Waals surface area (Å²) in [4.78, 5) is 2.38. The van der Waals surface area contributed by atoms with Crippen molar-refractivity contribution in [1.29, 1.82) is 0 Å². The zero-order valence-corrected chi connectivity index (χ0v) is 11.1. The van der Waals surface area contributed by atoms with Crippen LogP contribution in [0.15, 0.2) is 34.8 Å². The Bertz CT molecular complexity index is 399. The maximum atomic E-state index is 6.02. The van der Waals surface area contributed by atoms with Gasteiger partial charge in [0.1, 0.15) is 0 Å². The Balaban J connectivity index is 2.35. The van der Waals surface area contributed by atoms with Crippen LogP contribution in [0.3, 0.4) is 0 Å². The standard InChI is InChI=1S/C13H17BrN2/c1-10(15)12-9-11(14)5-6-13(12)16-7-3-2-4-8-16/h2-3,5-6,9-10H,4,7-8,15H2,1H3. The molecule has 0 amide bonds. The molecule has 0 saturated carbocycles. The minimum atomic E-state index is 0.0680. The van der Waals surface area contributed by atoms with Gasteiger partial charge in [-0.15, -0.1) is 0 Å². The summed E-state index contributed by atoms with van der Waals surface area (Å²) < 4.78 is 1.09. The molecular weight excluding hydrogens is 264 g/mol. The molecule has 0 saturated heterocycles. The molecule has 2 nitrogen and oxygen atoms in total. The second kappa shape index (κ2) is 5.02. The zero-order valence-electron chi connectivity index (χ0n) is 9.49. The van der Waals surface area contributed by atoms with E-state index in [2.05, 4.69) is 51.2 Å². The summed E-state index contributed by atoms with van der Waals surface area (Å²) in [5.41, 5.74) is 8.50. The summed E-state index contributed by atoms with van der Waals surface area (Å²) in [6.45, 7) is 4.10. The van der Waals surface area contributed by atoms with Crippen molar-refractivity contribution in [2.24, 2.45) is 5.73 Å². The molecule has 1 atom stereocenters. The molecule has 16 heavy (non-hydrogen) atoms. The molecule has 0 bridgehead atoms. The predicted octanol–water partition coefficient (Wildman–Crippen LogP) is 3.24. The first-order chi connectivity index (χ1) is 7.68. The smallest absolute Gasteiger partial charge is 0.0418 e. The number of halogens is 1. The topological polar surface area (TPSA) is 29.3 Å². The van der Waals surface area contributed by atoms with Crippen LogP contribution in [-0.2, 0) is 0 Å². The third-order valence-electron chi connectivity index (χ3n) is 2.88. The Labute approximate surface area is 105 Å². The van der Waals surface area contributed by atoms with Gasteiger partial charge in [0.15, 0.2) is 0 Å². The average molecular weight is 281 g/mol. The SMILES string of the molecule is CC(N)c1cc(Br)ccc1N1CC=CCC1. The van der Waals surface area contributed by atoms with E-state index < -0.39 is 0 Å². The van der Waals surface area contributed by atoms with Gasteiger partial charge in [0.2, 0.25) is 0 Å². The van der Waals surface area contributed by atoms with Gasteiger partial charge in [-0.05, 0) is 37.1 Å². The Morgan fingerprint density at radius 3 is 2.81 bits per heavy atom. The molecule has 0 aliphatic carbocycles. The maximum Gasteiger partial charge on any atom is 0.0418 e. The maximum absolute atomic E-state index is 6.02. The van der Waals surface area contributed by atoms with Crippen molar-refractivity contribution in [3.8, 4) is 0 Å². The third-order valence-corrected chi connectivity index (χ3v) is 3.37. The van der Waals surface area contributed by atoms with E-state index in [1.807, 2.05) is 6.92 Å². The van der Waals surface area contributed by atoms with E-state index in [-0.39, 0.29) is 6.04 Å². The van der Waals surface area contributed by atoms with Gasteiger partial charge in [-0.1, -0.05) is 28.1 Å². The number of hydrogen-bond acceptors (Lipinski definition) is 2. The normalized spacial score (nSPS) is 17.6. The summed E-state index contributed by atoms with van der Waals surface area (Å²) in [5, 5.41) is 0. The number of nitrogens with two attached hydrogens (primary N) is 1. The molecule has 1 aromatic rings. The summed E-state index contributed by atoms with van der Waals surface area (Å²) in [7, 11) is 0. The van der Waals surface area contributed by atoms with Gasteiger partial charge in [-0.3, -0.25) is 0 Å². The van der Waals surface area contributed by atoms with E-state index in [0.29, 0.717) is 0 Å². The van der Waals surface area contributed by atoms with Crippen LogP contribution < -0.4 is 10.6 Å². The quantitative estimate of drug-likeness (QED) is 0.843. The highest BCUT2D eigenvalue weighted by atomic mass is 79.9. The molecule has 86 valence electrons. The van der Waals surface area contributed by atoms with Crippen LogP contribution in [0, 0.1) is 0 Å². The number of nitrogens with zero attached hydrogens (tertiary/aromatic N) is 1. The van der Waals surface area contributed by atoms with Crippen molar-refractivity contribution in [3.05, 3.63) is 40.4 Å². The first kappa shape index (κ1) is 11.7. The molecule has 0 fully saturated rings. The van der Waals surface area contributed by atoms with Crippen LogP contribution in [0.4, 0.5) is 5.69 Å². The highest BCUT2D eigenvalue weighted by molar-refractivity contribution is 9.10. The number of benzene rings is 1. The van der Waals surface area contributed by atoms with Crippen LogP contribution in [0.1, 0.15) is 24.9 Å². The highest BCUT2D eigenvalue weighted by Gasteiger charge is 2.14. The van der Waals surface area contributed by atoms with E-state index >= 15 is 0 Å². The molecule has 0 radical (unpaired) electrons. The second-order valence-corrected chi connectivity index (χ2v) is 5.11. The van der Waals surface area contributed by atoms with Gasteiger partial charge >= 0.3 is 0 Å². The Hall–Kier alpha value is -0.800. The molecule has 0 aromatic heterocycles. The zero-order chi connectivity index (χ0) is 11.5. The third kappa shape index (κ3) is 2.47. The molecule has 2 rings (SSSR count). The number of hydrogen-bond donors (Lipinski definition) is 1. The molecule has 2 N–H and O–H groups in total. The molecule has 1 unspecified atom stereocenters. The van der Waals surface area contributed by atoms with Crippen LogP contribution in [0.2, 0.25) is 0 Å². The number of rotatable bonds is 2. The molecule has 0 spiro atoms. The van der Waals surface area contributed by atoms with Gasteiger partial charge in [-0.2, -0.15) is 0 Å². The molecular formula is C13H17BrN2. The van der Waals surface area contributed by atoms with E-state index in [1.165, 1.54) is 11.3 Å². The first-order valence-electron chi connectivity index (χ1n) is 5.63. The summed E-state index contributed by atoms with van der Waals surface area (Å²) in [5.74, 6) is 0. The fourth-order valence-electron chi connectivity index (χ4n) is 2.04. The van der Waals surface area contributed by atoms with Crippen LogP contribution >= 0.6 is 15.9 Å². The van der Waals surface area contributed by atoms with Gasteiger partial charge in [-0.25, -0.2) is 0 Å². The fraction of sp³-hybridized carbons (Fsp3) is 0.385. The van der Waals surface area contributed by atoms with E-state index in [1.54, 1.807) is 0 Å². The van der Waals surface area contributed by atoms with Gasteiger partial charge in [0, 0.05) is 29.3 Å². The lowest BCUT2D eigenvalue weighted by Crippen LogP contribution is -2.28. The van der Waals surface area contributed by atoms with Crippen LogP contribution in [0.25, 0.3) is 0 Å². The van der Waals surface area contributed by atoms with Crippen LogP contribution in [0.5, 0.6) is 0 Å². The van der Waals surface area contributed by atoms with E-state index in [4.69, 9.17) is 5.73 Å². The lowest BCUT2D eigenvalue weighted by atomic mass is 10.0. The van der Waals surface area contributed by atoms with Crippen molar-refractivity contribution >= 4 is 21.6 Å². The van der Waals surface area contributed by atoms with Crippen molar-refractivity contribution in [2.45, 2.75) is 19.4 Å². The summed E-state index contributed by atoms with van der Waals surface area (Å²) in [6, 6.07) is 6.43. The fourth-order valence-corrected chi connectivity index (χ4v) is 2.42. The van der Waals surface area contributed by atoms with E-state index in [0.717, 1.165) is 24.0 Å². The molecule has 1 aromatic carbocycles. The predicted molar refractivity (Wildman–Crippen MR) is 72.7 cm³/mol. The van der Waals surface area contributed by atoms with Crippen molar-refractivity contribution in [2.75, 3.05) is 18.0 Å². The van der Waals surface area contributed by atoms with Gasteiger partial charge < -0.3 is 10.6 Å².